The molecule has 2 aromatic carbocycles. The van der Waals surface area contributed by atoms with Gasteiger partial charge in [0.2, 0.25) is 0 Å². The third-order valence-corrected chi connectivity index (χ3v) is 3.52. The molecule has 0 spiro atoms. The highest BCUT2D eigenvalue weighted by Gasteiger charge is 2.07. The summed E-state index contributed by atoms with van der Waals surface area (Å²) in [5, 5.41) is 3.19. The summed E-state index contributed by atoms with van der Waals surface area (Å²) in [6.45, 7) is 3.76. The maximum Gasteiger partial charge on any atom is 0.0801 e. The maximum atomic E-state index is 6.01. The summed E-state index contributed by atoms with van der Waals surface area (Å²) in [7, 11) is 1.98. The van der Waals surface area contributed by atoms with Crippen LogP contribution in [0.15, 0.2) is 54.6 Å². The van der Waals surface area contributed by atoms with Gasteiger partial charge in [-0.25, -0.2) is 0 Å². The average molecular weight is 269 g/mol. The van der Waals surface area contributed by atoms with E-state index in [9.17, 15) is 0 Å². The molecule has 2 heteroatoms. The second kappa shape index (κ2) is 7.83. The lowest BCUT2D eigenvalue weighted by molar-refractivity contribution is 0.0521. The molecule has 0 aliphatic rings. The zero-order valence-electron chi connectivity index (χ0n) is 12.3. The van der Waals surface area contributed by atoms with Gasteiger partial charge in [0.1, 0.15) is 0 Å². The lowest BCUT2D eigenvalue weighted by Gasteiger charge is -2.15. The summed E-state index contributed by atoms with van der Waals surface area (Å²) >= 11 is 0. The standard InChI is InChI=1S/C18H23NO/c1-15(16-8-4-3-5-9-16)20-14-18-11-7-6-10-17(18)12-13-19-2/h3-11,15,19H,12-14H2,1-2H3. The molecule has 2 nitrogen and oxygen atoms in total. The van der Waals surface area contributed by atoms with Crippen LogP contribution in [0.2, 0.25) is 0 Å². The Kier molecular flexibility index (Phi) is 5.78. The first-order chi connectivity index (χ1) is 9.81. The molecule has 0 fully saturated rings. The van der Waals surface area contributed by atoms with Crippen molar-refractivity contribution in [2.24, 2.45) is 0 Å². The van der Waals surface area contributed by atoms with E-state index in [-0.39, 0.29) is 6.10 Å². The van der Waals surface area contributed by atoms with Crippen molar-refractivity contribution in [2.75, 3.05) is 13.6 Å². The molecular formula is C18H23NO. The van der Waals surface area contributed by atoms with Crippen LogP contribution in [0.1, 0.15) is 29.7 Å². The van der Waals surface area contributed by atoms with Crippen molar-refractivity contribution in [3.05, 3.63) is 71.3 Å². The number of rotatable bonds is 7. The fraction of sp³-hybridized carbons (Fsp3) is 0.333. The Morgan fingerprint density at radius 3 is 2.30 bits per heavy atom. The predicted octanol–water partition coefficient (Wildman–Crippen LogP) is 3.73. The van der Waals surface area contributed by atoms with Gasteiger partial charge in [0.25, 0.3) is 0 Å². The van der Waals surface area contributed by atoms with Gasteiger partial charge >= 0.3 is 0 Å². The van der Waals surface area contributed by atoms with E-state index in [0.29, 0.717) is 6.61 Å². The zero-order valence-corrected chi connectivity index (χ0v) is 12.3. The lowest BCUT2D eigenvalue weighted by Crippen LogP contribution is -2.12. The quantitative estimate of drug-likeness (QED) is 0.827. The fourth-order valence-corrected chi connectivity index (χ4v) is 2.24. The van der Waals surface area contributed by atoms with Gasteiger partial charge in [-0.2, -0.15) is 0 Å². The Labute approximate surface area is 121 Å². The van der Waals surface area contributed by atoms with E-state index in [1.165, 1.54) is 16.7 Å². The monoisotopic (exact) mass is 269 g/mol. The third-order valence-electron chi connectivity index (χ3n) is 3.52. The van der Waals surface area contributed by atoms with E-state index in [2.05, 4.69) is 60.8 Å². The highest BCUT2D eigenvalue weighted by Crippen LogP contribution is 2.19. The maximum absolute atomic E-state index is 6.01. The van der Waals surface area contributed by atoms with Gasteiger partial charge in [0.15, 0.2) is 0 Å². The van der Waals surface area contributed by atoms with E-state index < -0.39 is 0 Å². The van der Waals surface area contributed by atoms with Gasteiger partial charge < -0.3 is 10.1 Å². The molecule has 1 N–H and O–H groups in total. The number of ether oxygens (including phenoxy) is 1. The molecule has 0 aliphatic carbocycles. The number of benzene rings is 2. The molecule has 0 saturated carbocycles. The van der Waals surface area contributed by atoms with Gasteiger partial charge in [-0.1, -0.05) is 54.6 Å². The van der Waals surface area contributed by atoms with Crippen molar-refractivity contribution in [3.63, 3.8) is 0 Å². The molecule has 1 atom stereocenters. The van der Waals surface area contributed by atoms with Gasteiger partial charge in [-0.15, -0.1) is 0 Å². The number of likely N-dealkylation sites (N-methyl/N-ethyl adjacent to an activating group) is 1. The SMILES string of the molecule is CNCCc1ccccc1COC(C)c1ccccc1. The van der Waals surface area contributed by atoms with Crippen LogP contribution in [-0.4, -0.2) is 13.6 Å². The summed E-state index contributed by atoms with van der Waals surface area (Å²) in [5.74, 6) is 0. The molecule has 2 aromatic rings. The number of hydrogen-bond acceptors (Lipinski definition) is 2. The van der Waals surface area contributed by atoms with E-state index in [0.717, 1.165) is 13.0 Å². The summed E-state index contributed by atoms with van der Waals surface area (Å²) in [6, 6.07) is 18.9. The minimum absolute atomic E-state index is 0.119. The van der Waals surface area contributed by atoms with Crippen LogP contribution in [0, 0.1) is 0 Å². The van der Waals surface area contributed by atoms with Crippen molar-refractivity contribution >= 4 is 0 Å². The van der Waals surface area contributed by atoms with E-state index in [4.69, 9.17) is 4.74 Å². The molecule has 0 aromatic heterocycles. The molecule has 0 heterocycles. The Bertz CT molecular complexity index is 510. The molecule has 0 radical (unpaired) electrons. The molecular weight excluding hydrogens is 246 g/mol. The minimum Gasteiger partial charge on any atom is -0.369 e. The van der Waals surface area contributed by atoms with E-state index >= 15 is 0 Å². The minimum atomic E-state index is 0.119. The lowest BCUT2D eigenvalue weighted by atomic mass is 10.1. The Morgan fingerprint density at radius 2 is 1.60 bits per heavy atom. The molecule has 106 valence electrons. The smallest absolute Gasteiger partial charge is 0.0801 e. The number of hydrogen-bond donors (Lipinski definition) is 1. The van der Waals surface area contributed by atoms with E-state index in [1.807, 2.05) is 13.1 Å². The van der Waals surface area contributed by atoms with Gasteiger partial charge in [0.05, 0.1) is 12.7 Å². The number of nitrogens with one attached hydrogen (secondary N) is 1. The average Bonchev–Trinajstić information content (AvgIpc) is 2.52. The second-order valence-electron chi connectivity index (χ2n) is 4.99. The summed E-state index contributed by atoms with van der Waals surface area (Å²) in [6.07, 6.45) is 1.16. The van der Waals surface area contributed by atoms with Crippen LogP contribution in [-0.2, 0) is 17.8 Å². The second-order valence-corrected chi connectivity index (χ2v) is 4.99. The Hall–Kier alpha value is -1.64. The van der Waals surface area contributed by atoms with Crippen LogP contribution < -0.4 is 5.32 Å². The summed E-state index contributed by atoms with van der Waals surface area (Å²) in [5.41, 5.74) is 3.87. The van der Waals surface area contributed by atoms with Crippen LogP contribution in [0.5, 0.6) is 0 Å². The highest BCUT2D eigenvalue weighted by atomic mass is 16.5. The fourth-order valence-electron chi connectivity index (χ4n) is 2.24. The van der Waals surface area contributed by atoms with Crippen molar-refractivity contribution in [1.29, 1.82) is 0 Å². The van der Waals surface area contributed by atoms with Crippen LogP contribution in [0.3, 0.4) is 0 Å². The molecule has 2 rings (SSSR count). The molecule has 0 aliphatic heterocycles. The topological polar surface area (TPSA) is 21.3 Å². The van der Waals surface area contributed by atoms with Gasteiger partial charge in [0, 0.05) is 0 Å². The molecule has 0 amide bonds. The van der Waals surface area contributed by atoms with Crippen molar-refractivity contribution < 1.29 is 4.74 Å². The first-order valence-electron chi connectivity index (χ1n) is 7.19. The highest BCUT2D eigenvalue weighted by molar-refractivity contribution is 5.27. The largest absolute Gasteiger partial charge is 0.369 e. The third kappa shape index (κ3) is 4.19. The molecule has 1 unspecified atom stereocenters. The summed E-state index contributed by atoms with van der Waals surface area (Å²) in [4.78, 5) is 0. The normalized spacial score (nSPS) is 12.3. The van der Waals surface area contributed by atoms with Gasteiger partial charge in [-0.05, 0) is 43.6 Å². The van der Waals surface area contributed by atoms with E-state index in [1.54, 1.807) is 0 Å². The predicted molar refractivity (Wildman–Crippen MR) is 83.7 cm³/mol. The Morgan fingerprint density at radius 1 is 0.950 bits per heavy atom. The van der Waals surface area contributed by atoms with Crippen molar-refractivity contribution in [3.8, 4) is 0 Å². The molecule has 0 saturated heterocycles. The Balaban J connectivity index is 1.96. The molecule has 0 bridgehead atoms. The van der Waals surface area contributed by atoms with Crippen LogP contribution in [0.4, 0.5) is 0 Å². The summed E-state index contributed by atoms with van der Waals surface area (Å²) < 4.78 is 6.01. The van der Waals surface area contributed by atoms with Crippen LogP contribution >= 0.6 is 0 Å². The van der Waals surface area contributed by atoms with Crippen molar-refractivity contribution in [2.45, 2.75) is 26.1 Å². The van der Waals surface area contributed by atoms with Crippen molar-refractivity contribution in [1.82, 2.24) is 5.32 Å². The van der Waals surface area contributed by atoms with Gasteiger partial charge in [-0.3, -0.25) is 0 Å². The zero-order chi connectivity index (χ0) is 14.2. The first kappa shape index (κ1) is 14.8. The van der Waals surface area contributed by atoms with Crippen LogP contribution in [0.25, 0.3) is 0 Å². The molecule has 20 heavy (non-hydrogen) atoms. The first-order valence-corrected chi connectivity index (χ1v) is 7.19.